The van der Waals surface area contributed by atoms with Crippen molar-refractivity contribution in [3.05, 3.63) is 60.0 Å². The summed E-state index contributed by atoms with van der Waals surface area (Å²) in [4.78, 5) is 12.1. The molecular weight excluding hydrogens is 346 g/mol. The molecule has 0 aliphatic carbocycles. The van der Waals surface area contributed by atoms with Crippen LogP contribution in [0.1, 0.15) is 17.9 Å². The van der Waals surface area contributed by atoms with E-state index in [9.17, 15) is 4.79 Å². The fourth-order valence-corrected chi connectivity index (χ4v) is 2.56. The van der Waals surface area contributed by atoms with Crippen LogP contribution >= 0.6 is 0 Å². The third-order valence-electron chi connectivity index (χ3n) is 4.04. The summed E-state index contributed by atoms with van der Waals surface area (Å²) in [6.07, 6.45) is 0.639. The van der Waals surface area contributed by atoms with Crippen molar-refractivity contribution < 1.29 is 18.7 Å². The molecule has 1 heterocycles. The topological polar surface area (TPSA) is 86.5 Å². The number of methoxy groups -OCH3 is 2. The molecule has 3 aromatic rings. The van der Waals surface area contributed by atoms with Crippen LogP contribution in [0.2, 0.25) is 0 Å². The van der Waals surface area contributed by atoms with Crippen molar-refractivity contribution >= 4 is 5.91 Å². The minimum Gasteiger partial charge on any atom is -0.497 e. The van der Waals surface area contributed by atoms with Crippen molar-refractivity contribution in [3.63, 3.8) is 0 Å². The quantitative estimate of drug-likeness (QED) is 0.659. The second-order valence-electron chi connectivity index (χ2n) is 5.82. The van der Waals surface area contributed by atoms with E-state index in [1.54, 1.807) is 14.2 Å². The van der Waals surface area contributed by atoms with Crippen molar-refractivity contribution in [1.29, 1.82) is 0 Å². The second-order valence-corrected chi connectivity index (χ2v) is 5.82. The van der Waals surface area contributed by atoms with Gasteiger partial charge in [-0.1, -0.05) is 18.2 Å². The van der Waals surface area contributed by atoms with Crippen molar-refractivity contribution in [2.45, 2.75) is 19.4 Å². The molecule has 0 spiro atoms. The third kappa shape index (κ3) is 4.84. The van der Waals surface area contributed by atoms with Crippen molar-refractivity contribution in [2.24, 2.45) is 0 Å². The summed E-state index contributed by atoms with van der Waals surface area (Å²) in [5.41, 5.74) is 1.73. The molecule has 0 radical (unpaired) electrons. The molecule has 0 aliphatic heterocycles. The number of rotatable bonds is 8. The van der Waals surface area contributed by atoms with E-state index in [2.05, 4.69) is 15.5 Å². The van der Waals surface area contributed by atoms with Crippen LogP contribution in [-0.2, 0) is 17.8 Å². The molecule has 7 nitrogen and oxygen atoms in total. The average Bonchev–Trinajstić information content (AvgIpc) is 3.20. The molecular formula is C20H21N3O4. The predicted molar refractivity (Wildman–Crippen MR) is 99.4 cm³/mol. The fraction of sp³-hybridized carbons (Fsp3) is 0.250. The first-order chi connectivity index (χ1) is 13.2. The molecule has 140 valence electrons. The van der Waals surface area contributed by atoms with Crippen LogP contribution in [0.25, 0.3) is 11.5 Å². The Kier molecular flexibility index (Phi) is 6.04. The number of aryl methyl sites for hydroxylation is 1. The van der Waals surface area contributed by atoms with E-state index in [-0.39, 0.29) is 12.3 Å². The molecule has 0 atom stereocenters. The van der Waals surface area contributed by atoms with E-state index >= 15 is 0 Å². The molecule has 0 bridgehead atoms. The SMILES string of the molecule is COc1ccc(-c2nnc(CCC(=O)NCc3ccccc3OC)o2)cc1. The first-order valence-electron chi connectivity index (χ1n) is 8.55. The Morgan fingerprint density at radius 1 is 1.04 bits per heavy atom. The number of nitrogens with zero attached hydrogens (tertiary/aromatic N) is 2. The van der Waals surface area contributed by atoms with Crippen LogP contribution in [0.3, 0.4) is 0 Å². The standard InChI is InChI=1S/C20H21N3O4/c1-25-16-9-7-14(8-10-16)20-23-22-19(27-20)12-11-18(24)21-13-15-5-3-4-6-17(15)26-2/h3-10H,11-13H2,1-2H3,(H,21,24). The number of amides is 1. The number of carbonyl (C=O) groups is 1. The van der Waals surface area contributed by atoms with E-state index < -0.39 is 0 Å². The number of para-hydroxylation sites is 1. The minimum atomic E-state index is -0.0925. The van der Waals surface area contributed by atoms with Crippen LogP contribution in [0.5, 0.6) is 11.5 Å². The van der Waals surface area contributed by atoms with Gasteiger partial charge in [0.25, 0.3) is 0 Å². The van der Waals surface area contributed by atoms with Gasteiger partial charge < -0.3 is 19.2 Å². The lowest BCUT2D eigenvalue weighted by atomic mass is 10.2. The molecule has 1 N–H and O–H groups in total. The number of hydrogen-bond acceptors (Lipinski definition) is 6. The maximum atomic E-state index is 12.1. The first-order valence-corrected chi connectivity index (χ1v) is 8.55. The van der Waals surface area contributed by atoms with E-state index in [4.69, 9.17) is 13.9 Å². The Morgan fingerprint density at radius 3 is 2.56 bits per heavy atom. The van der Waals surface area contributed by atoms with Gasteiger partial charge >= 0.3 is 0 Å². The largest absolute Gasteiger partial charge is 0.497 e. The van der Waals surface area contributed by atoms with Crippen molar-refractivity contribution in [2.75, 3.05) is 14.2 Å². The Morgan fingerprint density at radius 2 is 1.81 bits per heavy atom. The van der Waals surface area contributed by atoms with Crippen molar-refractivity contribution in [1.82, 2.24) is 15.5 Å². The molecule has 27 heavy (non-hydrogen) atoms. The third-order valence-corrected chi connectivity index (χ3v) is 4.04. The maximum Gasteiger partial charge on any atom is 0.247 e. The molecule has 0 saturated heterocycles. The molecule has 0 saturated carbocycles. The zero-order valence-electron chi connectivity index (χ0n) is 15.3. The van der Waals surface area contributed by atoms with E-state index in [0.29, 0.717) is 24.7 Å². The summed E-state index contributed by atoms with van der Waals surface area (Å²) >= 11 is 0. The second kappa shape index (κ2) is 8.84. The normalized spacial score (nSPS) is 10.4. The van der Waals surface area contributed by atoms with E-state index in [1.807, 2.05) is 48.5 Å². The molecule has 0 aliphatic rings. The maximum absolute atomic E-state index is 12.1. The van der Waals surface area contributed by atoms with Crippen molar-refractivity contribution in [3.8, 4) is 23.0 Å². The zero-order chi connectivity index (χ0) is 19.1. The molecule has 1 amide bonds. The van der Waals surface area contributed by atoms with Gasteiger partial charge in [-0.15, -0.1) is 10.2 Å². The number of ether oxygens (including phenoxy) is 2. The lowest BCUT2D eigenvalue weighted by Crippen LogP contribution is -2.23. The number of hydrogen-bond donors (Lipinski definition) is 1. The van der Waals surface area contributed by atoms with Gasteiger partial charge in [-0.25, -0.2) is 0 Å². The highest BCUT2D eigenvalue weighted by atomic mass is 16.5. The molecule has 0 unspecified atom stereocenters. The number of nitrogens with one attached hydrogen (secondary N) is 1. The summed E-state index contributed by atoms with van der Waals surface area (Å²) in [5.74, 6) is 2.25. The summed E-state index contributed by atoms with van der Waals surface area (Å²) in [6, 6.07) is 14.9. The summed E-state index contributed by atoms with van der Waals surface area (Å²) in [5, 5.41) is 10.9. The highest BCUT2D eigenvalue weighted by Gasteiger charge is 2.11. The highest BCUT2D eigenvalue weighted by molar-refractivity contribution is 5.76. The minimum absolute atomic E-state index is 0.0925. The highest BCUT2D eigenvalue weighted by Crippen LogP contribution is 2.21. The van der Waals surface area contributed by atoms with Gasteiger partial charge in [0.2, 0.25) is 17.7 Å². The van der Waals surface area contributed by atoms with Gasteiger partial charge in [0, 0.05) is 30.5 Å². The monoisotopic (exact) mass is 367 g/mol. The zero-order valence-corrected chi connectivity index (χ0v) is 15.3. The summed E-state index contributed by atoms with van der Waals surface area (Å²) < 4.78 is 16.0. The van der Waals surface area contributed by atoms with Crippen LogP contribution < -0.4 is 14.8 Å². The van der Waals surface area contributed by atoms with Crippen LogP contribution in [0.15, 0.2) is 52.9 Å². The molecule has 1 aromatic heterocycles. The van der Waals surface area contributed by atoms with Crippen LogP contribution in [-0.4, -0.2) is 30.3 Å². The van der Waals surface area contributed by atoms with Crippen LogP contribution in [0, 0.1) is 0 Å². The van der Waals surface area contributed by atoms with Gasteiger partial charge in [0.15, 0.2) is 0 Å². The Labute approximate surface area is 157 Å². The van der Waals surface area contributed by atoms with E-state index in [0.717, 1.165) is 22.6 Å². The van der Waals surface area contributed by atoms with Gasteiger partial charge in [-0.3, -0.25) is 4.79 Å². The van der Waals surface area contributed by atoms with Gasteiger partial charge in [-0.05, 0) is 30.3 Å². The molecule has 2 aromatic carbocycles. The Bertz CT molecular complexity index is 890. The lowest BCUT2D eigenvalue weighted by molar-refractivity contribution is -0.121. The Balaban J connectivity index is 1.51. The van der Waals surface area contributed by atoms with Gasteiger partial charge in [0.05, 0.1) is 14.2 Å². The summed E-state index contributed by atoms with van der Waals surface area (Å²) in [6.45, 7) is 0.407. The predicted octanol–water partition coefficient (Wildman–Crippen LogP) is 3.00. The fourth-order valence-electron chi connectivity index (χ4n) is 2.56. The molecule has 3 rings (SSSR count). The van der Waals surface area contributed by atoms with Crippen LogP contribution in [0.4, 0.5) is 0 Å². The summed E-state index contributed by atoms with van der Waals surface area (Å²) in [7, 11) is 3.22. The van der Waals surface area contributed by atoms with Gasteiger partial charge in [0.1, 0.15) is 11.5 Å². The molecule has 0 fully saturated rings. The molecule has 7 heteroatoms. The van der Waals surface area contributed by atoms with E-state index in [1.165, 1.54) is 0 Å². The first kappa shape index (κ1) is 18.4. The smallest absolute Gasteiger partial charge is 0.247 e. The van der Waals surface area contributed by atoms with Gasteiger partial charge in [-0.2, -0.15) is 0 Å². The lowest BCUT2D eigenvalue weighted by Gasteiger charge is -2.09. The average molecular weight is 367 g/mol. The number of aromatic nitrogens is 2. The number of carbonyl (C=O) groups excluding carboxylic acids is 1. The Hall–Kier alpha value is -3.35. The number of benzene rings is 2.